The van der Waals surface area contributed by atoms with Crippen molar-refractivity contribution >= 4 is 25.8 Å². The predicted molar refractivity (Wildman–Crippen MR) is 59.1 cm³/mol. The fourth-order valence-electron chi connectivity index (χ4n) is 1.85. The number of hydrogen-bond acceptors (Lipinski definition) is 2. The Kier molecular flexibility index (Phi) is 4.73. The number of halogens is 1. The van der Waals surface area contributed by atoms with Crippen molar-refractivity contribution in [2.75, 3.05) is 11.1 Å². The van der Waals surface area contributed by atoms with Gasteiger partial charge in [0.15, 0.2) is 9.84 Å². The maximum atomic E-state index is 11.7. The summed E-state index contributed by atoms with van der Waals surface area (Å²) in [6.07, 6.45) is 5.94. The van der Waals surface area contributed by atoms with Crippen LogP contribution in [0.3, 0.4) is 0 Å². The van der Waals surface area contributed by atoms with Crippen molar-refractivity contribution in [1.29, 1.82) is 0 Å². The molecule has 0 saturated heterocycles. The molecule has 0 unspecified atom stereocenters. The molecule has 0 aromatic carbocycles. The van der Waals surface area contributed by atoms with E-state index in [0.717, 1.165) is 37.4 Å². The Labute approximate surface area is 89.1 Å². The van der Waals surface area contributed by atoms with Crippen molar-refractivity contribution in [1.82, 2.24) is 0 Å². The average Bonchev–Trinajstić information content (AvgIpc) is 2.16. The fourth-order valence-corrected chi connectivity index (χ4v) is 4.43. The molecular weight excluding hydrogens is 252 g/mol. The van der Waals surface area contributed by atoms with Gasteiger partial charge in [-0.05, 0) is 19.3 Å². The van der Waals surface area contributed by atoms with E-state index in [1.807, 2.05) is 0 Å². The Bertz CT molecular complexity index is 230. The molecule has 1 saturated carbocycles. The molecule has 0 heterocycles. The van der Waals surface area contributed by atoms with Crippen LogP contribution in [0.2, 0.25) is 0 Å². The van der Waals surface area contributed by atoms with Crippen LogP contribution in [0.1, 0.15) is 38.5 Å². The first-order chi connectivity index (χ1) is 6.17. The first kappa shape index (κ1) is 11.5. The SMILES string of the molecule is O=S(=O)(CCCBr)C1CCCCC1. The van der Waals surface area contributed by atoms with Gasteiger partial charge in [-0.15, -0.1) is 0 Å². The molecule has 78 valence electrons. The highest BCUT2D eigenvalue weighted by molar-refractivity contribution is 9.09. The van der Waals surface area contributed by atoms with Crippen molar-refractivity contribution in [3.63, 3.8) is 0 Å². The summed E-state index contributed by atoms with van der Waals surface area (Å²) in [6.45, 7) is 0. The van der Waals surface area contributed by atoms with Gasteiger partial charge in [0, 0.05) is 5.33 Å². The van der Waals surface area contributed by atoms with Crippen molar-refractivity contribution in [2.24, 2.45) is 0 Å². The zero-order valence-corrected chi connectivity index (χ0v) is 10.2. The van der Waals surface area contributed by atoms with Crippen LogP contribution < -0.4 is 0 Å². The highest BCUT2D eigenvalue weighted by atomic mass is 79.9. The highest BCUT2D eigenvalue weighted by Crippen LogP contribution is 2.24. The molecule has 1 fully saturated rings. The normalized spacial score (nSPS) is 20.4. The number of alkyl halides is 1. The fraction of sp³-hybridized carbons (Fsp3) is 1.00. The molecule has 0 aliphatic heterocycles. The molecule has 4 heteroatoms. The molecular formula is C9H17BrO2S. The quantitative estimate of drug-likeness (QED) is 0.735. The Morgan fingerprint density at radius 3 is 2.31 bits per heavy atom. The number of sulfone groups is 1. The van der Waals surface area contributed by atoms with Crippen molar-refractivity contribution < 1.29 is 8.42 Å². The molecule has 0 atom stereocenters. The second-order valence-electron chi connectivity index (χ2n) is 3.67. The summed E-state index contributed by atoms with van der Waals surface area (Å²) >= 11 is 3.26. The number of rotatable bonds is 4. The lowest BCUT2D eigenvalue weighted by Gasteiger charge is -2.21. The third kappa shape index (κ3) is 3.58. The molecule has 0 aromatic heterocycles. The summed E-state index contributed by atoms with van der Waals surface area (Å²) in [7, 11) is -2.78. The zero-order valence-electron chi connectivity index (χ0n) is 7.84. The van der Waals surface area contributed by atoms with Crippen LogP contribution in [-0.2, 0) is 9.84 Å². The van der Waals surface area contributed by atoms with Crippen molar-refractivity contribution in [2.45, 2.75) is 43.8 Å². The second-order valence-corrected chi connectivity index (χ2v) is 6.86. The van der Waals surface area contributed by atoms with Gasteiger partial charge < -0.3 is 0 Å². The lowest BCUT2D eigenvalue weighted by atomic mass is 10.0. The van der Waals surface area contributed by atoms with Gasteiger partial charge in [0.2, 0.25) is 0 Å². The summed E-state index contributed by atoms with van der Waals surface area (Å²) < 4.78 is 23.4. The van der Waals surface area contributed by atoms with Crippen LogP contribution in [0.5, 0.6) is 0 Å². The summed E-state index contributed by atoms with van der Waals surface area (Å²) in [5, 5.41) is 0.763. The van der Waals surface area contributed by atoms with Gasteiger partial charge in [-0.1, -0.05) is 35.2 Å². The maximum absolute atomic E-state index is 11.7. The van der Waals surface area contributed by atoms with E-state index in [0.29, 0.717) is 5.75 Å². The maximum Gasteiger partial charge on any atom is 0.153 e. The molecule has 1 rings (SSSR count). The Morgan fingerprint density at radius 2 is 1.77 bits per heavy atom. The molecule has 2 nitrogen and oxygen atoms in total. The van der Waals surface area contributed by atoms with Gasteiger partial charge in [-0.2, -0.15) is 0 Å². The largest absolute Gasteiger partial charge is 0.229 e. The second kappa shape index (κ2) is 5.35. The van der Waals surface area contributed by atoms with Crippen molar-refractivity contribution in [3.8, 4) is 0 Å². The Morgan fingerprint density at radius 1 is 1.15 bits per heavy atom. The van der Waals surface area contributed by atoms with Gasteiger partial charge in [0.25, 0.3) is 0 Å². The monoisotopic (exact) mass is 268 g/mol. The van der Waals surface area contributed by atoms with Gasteiger partial charge in [-0.25, -0.2) is 8.42 Å². The van der Waals surface area contributed by atoms with Crippen LogP contribution in [0.4, 0.5) is 0 Å². The Balaban J connectivity index is 2.47. The van der Waals surface area contributed by atoms with E-state index in [9.17, 15) is 8.42 Å². The van der Waals surface area contributed by atoms with E-state index in [2.05, 4.69) is 15.9 Å². The summed E-state index contributed by atoms with van der Waals surface area (Å²) in [5.74, 6) is 0.364. The molecule has 1 aliphatic carbocycles. The van der Waals surface area contributed by atoms with E-state index in [4.69, 9.17) is 0 Å². The van der Waals surface area contributed by atoms with Gasteiger partial charge in [-0.3, -0.25) is 0 Å². The van der Waals surface area contributed by atoms with E-state index in [-0.39, 0.29) is 5.25 Å². The molecule has 13 heavy (non-hydrogen) atoms. The predicted octanol–water partition coefficient (Wildman–Crippen LogP) is 2.52. The highest BCUT2D eigenvalue weighted by Gasteiger charge is 2.26. The number of hydrogen-bond donors (Lipinski definition) is 0. The van der Waals surface area contributed by atoms with E-state index < -0.39 is 9.84 Å². The molecule has 0 radical (unpaired) electrons. The summed E-state index contributed by atoms with van der Waals surface area (Å²) in [5.41, 5.74) is 0. The van der Waals surface area contributed by atoms with Crippen LogP contribution in [0.15, 0.2) is 0 Å². The van der Waals surface area contributed by atoms with Crippen LogP contribution in [-0.4, -0.2) is 24.8 Å². The molecule has 0 N–H and O–H groups in total. The van der Waals surface area contributed by atoms with Crippen LogP contribution >= 0.6 is 15.9 Å². The summed E-state index contributed by atoms with van der Waals surface area (Å²) in [4.78, 5) is 0. The zero-order chi connectivity index (χ0) is 9.73. The van der Waals surface area contributed by atoms with Gasteiger partial charge >= 0.3 is 0 Å². The first-order valence-corrected chi connectivity index (χ1v) is 7.78. The topological polar surface area (TPSA) is 34.1 Å². The van der Waals surface area contributed by atoms with Gasteiger partial charge in [0.05, 0.1) is 11.0 Å². The summed E-state index contributed by atoms with van der Waals surface area (Å²) in [6, 6.07) is 0. The average molecular weight is 269 g/mol. The first-order valence-electron chi connectivity index (χ1n) is 4.94. The molecule has 1 aliphatic rings. The lowest BCUT2D eigenvalue weighted by Crippen LogP contribution is -2.26. The lowest BCUT2D eigenvalue weighted by molar-refractivity contribution is 0.483. The van der Waals surface area contributed by atoms with Crippen molar-refractivity contribution in [3.05, 3.63) is 0 Å². The van der Waals surface area contributed by atoms with Crippen LogP contribution in [0, 0.1) is 0 Å². The van der Waals surface area contributed by atoms with E-state index in [1.54, 1.807) is 0 Å². The smallest absolute Gasteiger partial charge is 0.153 e. The van der Waals surface area contributed by atoms with E-state index in [1.165, 1.54) is 6.42 Å². The minimum absolute atomic E-state index is 0.0275. The Hall–Kier alpha value is 0.430. The molecule has 0 bridgehead atoms. The minimum atomic E-state index is -2.78. The molecule has 0 spiro atoms. The molecule has 0 amide bonds. The van der Waals surface area contributed by atoms with E-state index >= 15 is 0 Å². The van der Waals surface area contributed by atoms with Gasteiger partial charge in [0.1, 0.15) is 0 Å². The molecule has 0 aromatic rings. The van der Waals surface area contributed by atoms with Crippen LogP contribution in [0.25, 0.3) is 0 Å². The minimum Gasteiger partial charge on any atom is -0.229 e. The third-order valence-electron chi connectivity index (χ3n) is 2.62. The standard InChI is InChI=1S/C9H17BrO2S/c10-7-4-8-13(11,12)9-5-2-1-3-6-9/h9H,1-8H2. The third-order valence-corrected chi connectivity index (χ3v) is 5.53.